The second kappa shape index (κ2) is 6.73. The van der Waals surface area contributed by atoms with Crippen molar-refractivity contribution in [2.75, 3.05) is 0 Å². The fraction of sp³-hybridized carbons (Fsp3) is 0.647. The zero-order valence-electron chi connectivity index (χ0n) is 15.4. The normalized spacial score (nSPS) is 13.5. The van der Waals surface area contributed by atoms with Gasteiger partial charge in [-0.05, 0) is 41.5 Å². The average Bonchev–Trinajstić information content (AvgIpc) is 3.06. The molecule has 0 amide bonds. The van der Waals surface area contributed by atoms with Gasteiger partial charge in [0.25, 0.3) is 0 Å². The van der Waals surface area contributed by atoms with E-state index in [1.165, 1.54) is 0 Å². The molecule has 0 saturated heterocycles. The Hall–Kier alpha value is -2.20. The Bertz CT molecular complexity index is 731. The molecule has 0 radical (unpaired) electrons. The van der Waals surface area contributed by atoms with E-state index in [0.29, 0.717) is 12.8 Å². The standard InChI is InChI=1S/C17H27N7/c1-16(2,3)23-11-14(19-21-23)9-7-8-13(18)10-15-12-24(22-20-15)17(4,5)6/h11-13H,9-10,18H2,1-6H3. The van der Waals surface area contributed by atoms with Crippen LogP contribution in [0.3, 0.4) is 0 Å². The predicted octanol–water partition coefficient (Wildman–Crippen LogP) is 1.50. The topological polar surface area (TPSA) is 87.4 Å². The highest BCUT2D eigenvalue weighted by Crippen LogP contribution is 2.13. The molecular formula is C17H27N7. The molecule has 2 rings (SSSR count). The zero-order chi connectivity index (χ0) is 18.0. The van der Waals surface area contributed by atoms with Crippen LogP contribution in [-0.2, 0) is 23.9 Å². The van der Waals surface area contributed by atoms with Crippen LogP contribution >= 0.6 is 0 Å². The summed E-state index contributed by atoms with van der Waals surface area (Å²) in [5.41, 5.74) is 7.61. The molecule has 2 heterocycles. The van der Waals surface area contributed by atoms with E-state index in [1.54, 1.807) is 0 Å². The van der Waals surface area contributed by atoms with Gasteiger partial charge in [-0.15, -0.1) is 10.2 Å². The molecule has 7 heteroatoms. The first kappa shape index (κ1) is 18.1. The monoisotopic (exact) mass is 329 g/mol. The highest BCUT2D eigenvalue weighted by atomic mass is 15.4. The molecule has 0 bridgehead atoms. The van der Waals surface area contributed by atoms with Gasteiger partial charge in [-0.25, -0.2) is 9.36 Å². The van der Waals surface area contributed by atoms with E-state index in [1.807, 2.05) is 21.8 Å². The van der Waals surface area contributed by atoms with Gasteiger partial charge in [0.2, 0.25) is 0 Å². The summed E-state index contributed by atoms with van der Waals surface area (Å²) >= 11 is 0. The van der Waals surface area contributed by atoms with Crippen LogP contribution in [0.1, 0.15) is 52.9 Å². The first-order chi connectivity index (χ1) is 11.1. The van der Waals surface area contributed by atoms with Gasteiger partial charge >= 0.3 is 0 Å². The van der Waals surface area contributed by atoms with Crippen LogP contribution in [0.2, 0.25) is 0 Å². The van der Waals surface area contributed by atoms with Crippen molar-refractivity contribution in [2.45, 2.75) is 71.5 Å². The highest BCUT2D eigenvalue weighted by molar-refractivity contribution is 5.15. The summed E-state index contributed by atoms with van der Waals surface area (Å²) in [6, 6.07) is -0.271. The number of nitrogens with zero attached hydrogens (tertiary/aromatic N) is 6. The zero-order valence-corrected chi connectivity index (χ0v) is 15.4. The van der Waals surface area contributed by atoms with E-state index < -0.39 is 0 Å². The minimum atomic E-state index is -0.271. The number of nitrogens with two attached hydrogens (primary N) is 1. The van der Waals surface area contributed by atoms with Gasteiger partial charge in [-0.1, -0.05) is 22.3 Å². The van der Waals surface area contributed by atoms with Crippen molar-refractivity contribution in [3.05, 3.63) is 23.8 Å². The third-order valence-corrected chi connectivity index (χ3v) is 3.44. The summed E-state index contributed by atoms with van der Waals surface area (Å²) in [6.07, 6.45) is 4.97. The molecule has 24 heavy (non-hydrogen) atoms. The number of rotatable bonds is 3. The molecule has 2 N–H and O–H groups in total. The lowest BCUT2D eigenvalue weighted by molar-refractivity contribution is 0.346. The van der Waals surface area contributed by atoms with Crippen LogP contribution in [0.15, 0.2) is 12.4 Å². The molecule has 0 saturated carbocycles. The highest BCUT2D eigenvalue weighted by Gasteiger charge is 2.16. The molecule has 2 aromatic heterocycles. The van der Waals surface area contributed by atoms with Crippen LogP contribution < -0.4 is 5.73 Å². The number of hydrogen-bond donors (Lipinski definition) is 1. The number of hydrogen-bond acceptors (Lipinski definition) is 5. The predicted molar refractivity (Wildman–Crippen MR) is 93.2 cm³/mol. The van der Waals surface area contributed by atoms with E-state index in [9.17, 15) is 0 Å². The molecular weight excluding hydrogens is 302 g/mol. The van der Waals surface area contributed by atoms with Crippen LogP contribution in [0, 0.1) is 11.8 Å². The first-order valence-electron chi connectivity index (χ1n) is 8.13. The van der Waals surface area contributed by atoms with Crippen molar-refractivity contribution in [1.82, 2.24) is 30.0 Å². The fourth-order valence-electron chi connectivity index (χ4n) is 1.98. The molecule has 0 aliphatic carbocycles. The molecule has 1 unspecified atom stereocenters. The Balaban J connectivity index is 1.91. The van der Waals surface area contributed by atoms with Crippen molar-refractivity contribution in [3.63, 3.8) is 0 Å². The molecule has 1 atom stereocenters. The smallest absolute Gasteiger partial charge is 0.0946 e. The molecule has 0 spiro atoms. The minimum Gasteiger partial charge on any atom is -0.317 e. The van der Waals surface area contributed by atoms with Crippen molar-refractivity contribution in [2.24, 2.45) is 5.73 Å². The average molecular weight is 329 g/mol. The Kier molecular flexibility index (Phi) is 5.09. The van der Waals surface area contributed by atoms with Gasteiger partial charge in [-0.2, -0.15) is 0 Å². The summed E-state index contributed by atoms with van der Waals surface area (Å²) in [6.45, 7) is 12.5. The van der Waals surface area contributed by atoms with Gasteiger partial charge in [-0.3, -0.25) is 0 Å². The summed E-state index contributed by atoms with van der Waals surface area (Å²) in [5.74, 6) is 6.13. The fourth-order valence-corrected chi connectivity index (χ4v) is 1.98. The van der Waals surface area contributed by atoms with Crippen molar-refractivity contribution in [3.8, 4) is 11.8 Å². The summed E-state index contributed by atoms with van der Waals surface area (Å²) in [7, 11) is 0. The van der Waals surface area contributed by atoms with Crippen molar-refractivity contribution < 1.29 is 0 Å². The van der Waals surface area contributed by atoms with Crippen molar-refractivity contribution in [1.29, 1.82) is 0 Å². The Labute approximate surface area is 143 Å². The van der Waals surface area contributed by atoms with Gasteiger partial charge in [0.15, 0.2) is 0 Å². The van der Waals surface area contributed by atoms with E-state index in [-0.39, 0.29) is 17.1 Å². The second-order valence-corrected chi connectivity index (χ2v) is 7.96. The maximum absolute atomic E-state index is 6.07. The molecule has 0 aliphatic rings. The van der Waals surface area contributed by atoms with Crippen LogP contribution in [-0.4, -0.2) is 36.0 Å². The first-order valence-corrected chi connectivity index (χ1v) is 8.13. The van der Waals surface area contributed by atoms with Gasteiger partial charge in [0.05, 0.1) is 41.1 Å². The van der Waals surface area contributed by atoms with Crippen LogP contribution in [0.4, 0.5) is 0 Å². The van der Waals surface area contributed by atoms with Gasteiger partial charge < -0.3 is 5.73 Å². The Morgan fingerprint density at radius 3 is 1.96 bits per heavy atom. The third-order valence-electron chi connectivity index (χ3n) is 3.44. The Morgan fingerprint density at radius 2 is 1.46 bits per heavy atom. The van der Waals surface area contributed by atoms with E-state index >= 15 is 0 Å². The van der Waals surface area contributed by atoms with E-state index in [4.69, 9.17) is 5.73 Å². The second-order valence-electron chi connectivity index (χ2n) is 7.96. The maximum Gasteiger partial charge on any atom is 0.0946 e. The lowest BCUT2D eigenvalue weighted by atomic mass is 10.1. The maximum atomic E-state index is 6.07. The molecule has 2 aromatic rings. The molecule has 0 aliphatic heterocycles. The molecule has 0 aromatic carbocycles. The largest absolute Gasteiger partial charge is 0.317 e. The van der Waals surface area contributed by atoms with Crippen molar-refractivity contribution >= 4 is 0 Å². The van der Waals surface area contributed by atoms with E-state index in [0.717, 1.165) is 11.4 Å². The Morgan fingerprint density at radius 1 is 0.958 bits per heavy atom. The lowest BCUT2D eigenvalue weighted by Crippen LogP contribution is -2.22. The number of aromatic nitrogens is 6. The van der Waals surface area contributed by atoms with Gasteiger partial charge in [0, 0.05) is 12.6 Å². The third kappa shape index (κ3) is 4.90. The van der Waals surface area contributed by atoms with E-state index in [2.05, 4.69) is 74.0 Å². The molecule has 0 fully saturated rings. The SMILES string of the molecule is CC(C)(C)n1cc(CC#CC(N)Cc2cn(C(C)(C)C)nn2)nn1. The van der Waals surface area contributed by atoms with Gasteiger partial charge in [0.1, 0.15) is 0 Å². The summed E-state index contributed by atoms with van der Waals surface area (Å²) in [5, 5.41) is 16.6. The molecule has 7 nitrogen and oxygen atoms in total. The van der Waals surface area contributed by atoms with Crippen LogP contribution in [0.25, 0.3) is 0 Å². The summed E-state index contributed by atoms with van der Waals surface area (Å²) < 4.78 is 3.68. The van der Waals surface area contributed by atoms with Crippen LogP contribution in [0.5, 0.6) is 0 Å². The minimum absolute atomic E-state index is 0.0754. The molecule has 130 valence electrons. The quantitative estimate of drug-likeness (QED) is 0.862. The lowest BCUT2D eigenvalue weighted by Gasteiger charge is -2.17. The summed E-state index contributed by atoms with van der Waals surface area (Å²) in [4.78, 5) is 0.